The zero-order valence-electron chi connectivity index (χ0n) is 17.3. The molecule has 0 saturated heterocycles. The van der Waals surface area contributed by atoms with Gasteiger partial charge in [0.05, 0.1) is 5.06 Å². The van der Waals surface area contributed by atoms with Crippen LogP contribution < -0.4 is 21.2 Å². The van der Waals surface area contributed by atoms with E-state index in [4.69, 9.17) is 0 Å². The molecule has 0 unspecified atom stereocenters. The molecule has 4 aromatic rings. The average molecular weight is 442 g/mol. The molecule has 0 heterocycles. The van der Waals surface area contributed by atoms with Crippen molar-refractivity contribution in [2.75, 3.05) is 0 Å². The molecule has 0 aliphatic carbocycles. The summed E-state index contributed by atoms with van der Waals surface area (Å²) >= 11 is 0. The van der Waals surface area contributed by atoms with Crippen LogP contribution >= 0.6 is 14.3 Å². The van der Waals surface area contributed by atoms with Gasteiger partial charge in [0.15, 0.2) is 14.3 Å². The van der Waals surface area contributed by atoms with Gasteiger partial charge in [-0.1, -0.05) is 127 Å². The standard InChI is InChI=1S/C27H24O2P2/c1-2-27(30(28,23-15-7-3-8-16-23)24-17-9-4-10-18-24)31(29,25-19-11-5-12-20-25)26-21-13-6-14-22-26/h2-22H,1H3. The maximum Gasteiger partial charge on any atom is 0.174 e. The van der Waals surface area contributed by atoms with Crippen molar-refractivity contribution in [2.45, 2.75) is 6.92 Å². The predicted octanol–water partition coefficient (Wildman–Crippen LogP) is 5.88. The lowest BCUT2D eigenvalue weighted by Crippen LogP contribution is -2.24. The highest BCUT2D eigenvalue weighted by Crippen LogP contribution is 2.69. The zero-order valence-corrected chi connectivity index (χ0v) is 19.1. The molecule has 0 fully saturated rings. The summed E-state index contributed by atoms with van der Waals surface area (Å²) in [5.41, 5.74) is 0. The Kier molecular flexibility index (Phi) is 6.23. The molecule has 0 spiro atoms. The van der Waals surface area contributed by atoms with E-state index in [1.54, 1.807) is 0 Å². The quantitative estimate of drug-likeness (QED) is 0.350. The molecule has 0 aliphatic heterocycles. The van der Waals surface area contributed by atoms with Gasteiger partial charge in [0, 0.05) is 21.2 Å². The van der Waals surface area contributed by atoms with E-state index in [9.17, 15) is 0 Å². The van der Waals surface area contributed by atoms with Gasteiger partial charge in [0.1, 0.15) is 0 Å². The SMILES string of the molecule is CC=C(P(=O)(c1ccccc1)c1ccccc1)P(=O)(c1ccccc1)c1ccccc1. The van der Waals surface area contributed by atoms with Gasteiger partial charge in [-0.2, -0.15) is 0 Å². The first kappa shape index (κ1) is 21.3. The van der Waals surface area contributed by atoms with Crippen molar-refractivity contribution in [3.8, 4) is 0 Å². The van der Waals surface area contributed by atoms with Gasteiger partial charge in [-0.05, 0) is 6.92 Å². The molecule has 4 aromatic carbocycles. The summed E-state index contributed by atoms with van der Waals surface area (Å²) in [7, 11) is -6.78. The average Bonchev–Trinajstić information content (AvgIpc) is 2.86. The second-order valence-corrected chi connectivity index (χ2v) is 13.0. The van der Waals surface area contributed by atoms with E-state index in [1.165, 1.54) is 0 Å². The molecule has 154 valence electrons. The highest BCUT2D eigenvalue weighted by molar-refractivity contribution is 8.00. The fourth-order valence-electron chi connectivity index (χ4n) is 3.94. The van der Waals surface area contributed by atoms with Crippen molar-refractivity contribution in [3.63, 3.8) is 0 Å². The summed E-state index contributed by atoms with van der Waals surface area (Å²) in [4.78, 5) is 0. The number of rotatable bonds is 6. The molecule has 0 bridgehead atoms. The topological polar surface area (TPSA) is 34.1 Å². The Hall–Kier alpha value is -2.92. The second kappa shape index (κ2) is 9.06. The summed E-state index contributed by atoms with van der Waals surface area (Å²) in [5.74, 6) is 0. The van der Waals surface area contributed by atoms with Crippen LogP contribution in [0.25, 0.3) is 0 Å². The summed E-state index contributed by atoms with van der Waals surface area (Å²) in [5, 5.41) is 3.21. The lowest BCUT2D eigenvalue weighted by Gasteiger charge is -2.30. The van der Waals surface area contributed by atoms with Gasteiger partial charge in [-0.3, -0.25) is 0 Å². The number of benzene rings is 4. The minimum atomic E-state index is -3.39. The third kappa shape index (κ3) is 3.79. The molecule has 0 radical (unpaired) electrons. The molecule has 0 aliphatic rings. The molecular formula is C27H24O2P2. The van der Waals surface area contributed by atoms with E-state index in [-0.39, 0.29) is 0 Å². The van der Waals surface area contributed by atoms with Crippen molar-refractivity contribution in [1.29, 1.82) is 0 Å². The Bertz CT molecular complexity index is 1080. The van der Waals surface area contributed by atoms with Gasteiger partial charge < -0.3 is 9.13 Å². The summed E-state index contributed by atoms with van der Waals surface area (Å²) in [6.45, 7) is 1.84. The van der Waals surface area contributed by atoms with Crippen LogP contribution in [0.3, 0.4) is 0 Å². The first-order valence-corrected chi connectivity index (χ1v) is 13.6. The van der Waals surface area contributed by atoms with Gasteiger partial charge in [-0.25, -0.2) is 0 Å². The minimum absolute atomic E-state index is 0.481. The smallest absolute Gasteiger partial charge is 0.174 e. The van der Waals surface area contributed by atoms with Crippen molar-refractivity contribution in [3.05, 3.63) is 132 Å². The Morgan fingerprint density at radius 3 is 0.903 bits per heavy atom. The van der Waals surface area contributed by atoms with E-state index in [2.05, 4.69) is 0 Å². The predicted molar refractivity (Wildman–Crippen MR) is 133 cm³/mol. The van der Waals surface area contributed by atoms with Gasteiger partial charge in [0.25, 0.3) is 0 Å². The number of hydrogen-bond donors (Lipinski definition) is 0. The molecular weight excluding hydrogens is 418 g/mol. The van der Waals surface area contributed by atoms with Crippen molar-refractivity contribution in [1.82, 2.24) is 0 Å². The molecule has 0 amide bonds. The van der Waals surface area contributed by atoms with E-state index < -0.39 is 14.3 Å². The van der Waals surface area contributed by atoms with Gasteiger partial charge >= 0.3 is 0 Å². The minimum Gasteiger partial charge on any atom is -0.308 e. The van der Waals surface area contributed by atoms with E-state index in [0.717, 1.165) is 0 Å². The first-order valence-electron chi connectivity index (χ1n) is 10.2. The first-order chi connectivity index (χ1) is 15.1. The summed E-state index contributed by atoms with van der Waals surface area (Å²) in [6, 6.07) is 37.7. The van der Waals surface area contributed by atoms with Gasteiger partial charge in [-0.15, -0.1) is 0 Å². The highest BCUT2D eigenvalue weighted by atomic mass is 31.2. The lowest BCUT2D eigenvalue weighted by molar-refractivity contribution is 0.586. The second-order valence-electron chi connectivity index (χ2n) is 7.21. The van der Waals surface area contributed by atoms with Crippen LogP contribution in [0.1, 0.15) is 6.92 Å². The van der Waals surface area contributed by atoms with E-state index in [1.807, 2.05) is 134 Å². The Labute approximate surface area is 184 Å². The largest absolute Gasteiger partial charge is 0.308 e. The zero-order chi connectivity index (χ0) is 21.7. The van der Waals surface area contributed by atoms with Gasteiger partial charge in [0.2, 0.25) is 0 Å². The van der Waals surface area contributed by atoms with E-state index >= 15 is 9.13 Å². The van der Waals surface area contributed by atoms with Crippen LogP contribution in [-0.2, 0) is 9.13 Å². The molecule has 31 heavy (non-hydrogen) atoms. The molecule has 0 aromatic heterocycles. The van der Waals surface area contributed by atoms with Crippen LogP contribution in [0.4, 0.5) is 0 Å². The molecule has 0 saturated carbocycles. The van der Waals surface area contributed by atoms with Crippen LogP contribution in [0.2, 0.25) is 0 Å². The van der Waals surface area contributed by atoms with Crippen molar-refractivity contribution < 1.29 is 9.13 Å². The van der Waals surface area contributed by atoms with Crippen LogP contribution in [0.5, 0.6) is 0 Å². The summed E-state index contributed by atoms with van der Waals surface area (Å²) in [6.07, 6.45) is 1.81. The van der Waals surface area contributed by atoms with Crippen LogP contribution in [-0.4, -0.2) is 0 Å². The molecule has 2 nitrogen and oxygen atoms in total. The van der Waals surface area contributed by atoms with Crippen molar-refractivity contribution in [2.24, 2.45) is 0 Å². The third-order valence-electron chi connectivity index (χ3n) is 5.38. The third-order valence-corrected chi connectivity index (χ3v) is 13.0. The monoisotopic (exact) mass is 442 g/mol. The number of allylic oxidation sites excluding steroid dienone is 1. The normalized spacial score (nSPS) is 11.6. The Morgan fingerprint density at radius 1 is 0.484 bits per heavy atom. The molecule has 0 atom stereocenters. The fraction of sp³-hybridized carbons (Fsp3) is 0.0370. The molecule has 4 rings (SSSR count). The summed E-state index contributed by atoms with van der Waals surface area (Å²) < 4.78 is 30.2. The fourth-order valence-corrected chi connectivity index (χ4v) is 11.7. The lowest BCUT2D eigenvalue weighted by atomic mass is 10.4. The maximum absolute atomic E-state index is 15.1. The van der Waals surface area contributed by atoms with Crippen LogP contribution in [0.15, 0.2) is 132 Å². The maximum atomic E-state index is 15.1. The van der Waals surface area contributed by atoms with Crippen molar-refractivity contribution >= 4 is 35.5 Å². The Balaban J connectivity index is 2.08. The highest BCUT2D eigenvalue weighted by Gasteiger charge is 2.44. The molecule has 4 heteroatoms. The number of hydrogen-bond acceptors (Lipinski definition) is 2. The van der Waals surface area contributed by atoms with E-state index in [0.29, 0.717) is 26.3 Å². The van der Waals surface area contributed by atoms with Crippen LogP contribution in [0, 0.1) is 0 Å². The Morgan fingerprint density at radius 2 is 0.710 bits per heavy atom. The molecule has 0 N–H and O–H groups in total.